The summed E-state index contributed by atoms with van der Waals surface area (Å²) in [6, 6.07) is 33.3. The number of hydrogen-bond donors (Lipinski definition) is 0. The molecule has 2 saturated heterocycles. The summed E-state index contributed by atoms with van der Waals surface area (Å²) in [5, 5.41) is 1.57. The maximum Gasteiger partial charge on any atom is 0.247 e. The second kappa shape index (κ2) is 10.4. The monoisotopic (exact) mass is 480 g/mol. The molecule has 3 aliphatic heterocycles. The SMILES string of the molecule is C(#C[Si]1(C#Cc2ccccc2)CCC(B2C3CCCC2CCC3)=C1c1ccccc1)c1ccccc1. The summed E-state index contributed by atoms with van der Waals surface area (Å²) >= 11 is 0. The first-order valence-electron chi connectivity index (χ1n) is 13.8. The van der Waals surface area contributed by atoms with Crippen molar-refractivity contribution in [2.75, 3.05) is 0 Å². The molecule has 2 fully saturated rings. The van der Waals surface area contributed by atoms with Crippen LogP contribution in [0.1, 0.15) is 61.6 Å². The zero-order chi connectivity index (χ0) is 24.2. The summed E-state index contributed by atoms with van der Waals surface area (Å²) in [7, 11) is -2.41. The molecule has 2 heteroatoms. The second-order valence-electron chi connectivity index (χ2n) is 10.8. The largest absolute Gasteiger partial charge is 0.247 e. The van der Waals surface area contributed by atoms with Crippen LogP contribution in [-0.2, 0) is 0 Å². The van der Waals surface area contributed by atoms with Crippen molar-refractivity contribution in [1.82, 2.24) is 0 Å². The van der Waals surface area contributed by atoms with Crippen molar-refractivity contribution in [3.8, 4) is 22.9 Å². The van der Waals surface area contributed by atoms with Gasteiger partial charge in [-0.1, -0.05) is 134 Å². The van der Waals surface area contributed by atoms with Gasteiger partial charge in [0.15, 0.2) is 6.71 Å². The van der Waals surface area contributed by atoms with Gasteiger partial charge in [0.1, 0.15) is 0 Å². The van der Waals surface area contributed by atoms with Crippen LogP contribution >= 0.6 is 0 Å². The molecule has 3 heterocycles. The molecular formula is C34H33BSi. The highest BCUT2D eigenvalue weighted by Crippen LogP contribution is 2.54. The van der Waals surface area contributed by atoms with E-state index in [0.717, 1.165) is 35.5 Å². The Morgan fingerprint density at radius 1 is 0.611 bits per heavy atom. The van der Waals surface area contributed by atoms with Gasteiger partial charge < -0.3 is 0 Å². The van der Waals surface area contributed by atoms with E-state index >= 15 is 0 Å². The Bertz CT molecular complexity index is 1270. The molecule has 176 valence electrons. The van der Waals surface area contributed by atoms with Gasteiger partial charge in [0, 0.05) is 11.1 Å². The standard InChI is InChI=1S/C34H33BSi/c1-4-12-28(13-5-1)22-25-36(26-23-29-14-6-2-7-15-29)27-24-33(34(36)30-16-8-3-9-17-30)35-31-18-10-19-32(35)21-11-20-31/h1-9,12-17,31-32H,10-11,18-21,24,27H2. The molecule has 0 amide bonds. The molecule has 3 aromatic carbocycles. The molecule has 0 radical (unpaired) electrons. The van der Waals surface area contributed by atoms with Gasteiger partial charge in [0.05, 0.1) is 0 Å². The average molecular weight is 481 g/mol. The molecule has 0 aliphatic carbocycles. The molecule has 3 aromatic rings. The van der Waals surface area contributed by atoms with Crippen molar-refractivity contribution in [3.63, 3.8) is 0 Å². The Morgan fingerprint density at radius 3 is 1.58 bits per heavy atom. The smallest absolute Gasteiger partial charge is 0.104 e. The third-order valence-electron chi connectivity index (χ3n) is 8.69. The van der Waals surface area contributed by atoms with E-state index in [9.17, 15) is 0 Å². The first kappa shape index (κ1) is 23.2. The lowest BCUT2D eigenvalue weighted by atomic mass is 9.24. The normalized spacial score (nSPS) is 22.3. The minimum Gasteiger partial charge on any atom is -0.104 e. The van der Waals surface area contributed by atoms with Gasteiger partial charge in [-0.15, -0.1) is 11.1 Å². The lowest BCUT2D eigenvalue weighted by Gasteiger charge is -2.42. The zero-order valence-electron chi connectivity index (χ0n) is 21.0. The predicted molar refractivity (Wildman–Crippen MR) is 156 cm³/mol. The van der Waals surface area contributed by atoms with Gasteiger partial charge in [-0.25, -0.2) is 0 Å². The van der Waals surface area contributed by atoms with E-state index in [0.29, 0.717) is 0 Å². The average Bonchev–Trinajstić information content (AvgIpc) is 3.31. The van der Waals surface area contributed by atoms with E-state index < -0.39 is 8.07 Å². The first-order valence-corrected chi connectivity index (χ1v) is 16.0. The third-order valence-corrected chi connectivity index (χ3v) is 12.3. The molecule has 0 atom stereocenters. The highest BCUT2D eigenvalue weighted by Gasteiger charge is 2.49. The summed E-state index contributed by atoms with van der Waals surface area (Å²) in [4.78, 5) is 0. The number of fused-ring (bicyclic) bond motifs is 2. The van der Waals surface area contributed by atoms with Crippen molar-refractivity contribution in [2.24, 2.45) is 0 Å². The van der Waals surface area contributed by atoms with Crippen LogP contribution in [0.15, 0.2) is 96.5 Å². The Hall–Kier alpha value is -3.20. The zero-order valence-corrected chi connectivity index (χ0v) is 22.0. The lowest BCUT2D eigenvalue weighted by Crippen LogP contribution is -2.37. The van der Waals surface area contributed by atoms with Crippen LogP contribution in [0.25, 0.3) is 5.20 Å². The Labute approximate surface area is 218 Å². The summed E-state index contributed by atoms with van der Waals surface area (Å²) in [5.74, 6) is 8.95. The number of benzene rings is 3. The quantitative estimate of drug-likeness (QED) is 0.256. The predicted octanol–water partition coefficient (Wildman–Crippen LogP) is 8.16. The maximum atomic E-state index is 3.92. The van der Waals surface area contributed by atoms with Gasteiger partial charge in [-0.3, -0.25) is 0 Å². The van der Waals surface area contributed by atoms with E-state index in [1.165, 1.54) is 50.5 Å². The number of allylic oxidation sites excluding steroid dienone is 1. The van der Waals surface area contributed by atoms with E-state index in [2.05, 4.69) is 114 Å². The number of hydrogen-bond acceptors (Lipinski definition) is 0. The van der Waals surface area contributed by atoms with Crippen LogP contribution in [0, 0.1) is 22.9 Å². The van der Waals surface area contributed by atoms with E-state index in [4.69, 9.17) is 0 Å². The van der Waals surface area contributed by atoms with E-state index in [-0.39, 0.29) is 0 Å². The molecule has 0 unspecified atom stereocenters. The Morgan fingerprint density at radius 2 is 1.08 bits per heavy atom. The molecule has 0 nitrogen and oxygen atoms in total. The van der Waals surface area contributed by atoms with Gasteiger partial charge in [-0.05, 0) is 47.5 Å². The van der Waals surface area contributed by atoms with Crippen molar-refractivity contribution in [2.45, 2.75) is 62.6 Å². The fourth-order valence-corrected chi connectivity index (χ4v) is 10.8. The lowest BCUT2D eigenvalue weighted by molar-refractivity contribution is 0.445. The van der Waals surface area contributed by atoms with Crippen LogP contribution in [0.3, 0.4) is 0 Å². The van der Waals surface area contributed by atoms with Crippen LogP contribution in [0.4, 0.5) is 0 Å². The Kier molecular flexibility index (Phi) is 6.72. The summed E-state index contributed by atoms with van der Waals surface area (Å²) in [6.07, 6.45) is 9.66. The molecule has 0 aromatic heterocycles. The van der Waals surface area contributed by atoms with Crippen molar-refractivity contribution in [1.29, 1.82) is 0 Å². The van der Waals surface area contributed by atoms with Gasteiger partial charge in [0.2, 0.25) is 8.07 Å². The fraction of sp³-hybridized carbons (Fsp3) is 0.294. The van der Waals surface area contributed by atoms with Crippen LogP contribution in [0.5, 0.6) is 0 Å². The van der Waals surface area contributed by atoms with E-state index in [1.807, 2.05) is 0 Å². The highest BCUT2D eigenvalue weighted by atomic mass is 28.3. The molecule has 6 rings (SSSR count). The summed E-state index contributed by atoms with van der Waals surface area (Å²) in [6.45, 7) is 0.745. The molecule has 0 saturated carbocycles. The topological polar surface area (TPSA) is 0 Å². The summed E-state index contributed by atoms with van der Waals surface area (Å²) < 4.78 is 0. The maximum absolute atomic E-state index is 3.92. The molecule has 0 N–H and O–H groups in total. The van der Waals surface area contributed by atoms with Gasteiger partial charge >= 0.3 is 0 Å². The van der Waals surface area contributed by atoms with Gasteiger partial charge in [0.25, 0.3) is 0 Å². The molecular weight excluding hydrogens is 447 g/mol. The first-order chi connectivity index (χ1) is 17.8. The second-order valence-corrected chi connectivity index (χ2v) is 14.1. The fourth-order valence-electron chi connectivity index (χ4n) is 7.14. The van der Waals surface area contributed by atoms with Crippen LogP contribution in [-0.4, -0.2) is 14.8 Å². The van der Waals surface area contributed by atoms with Crippen molar-refractivity contribution in [3.05, 3.63) is 113 Å². The minimum atomic E-state index is -2.41. The molecule has 0 spiro atoms. The molecule has 36 heavy (non-hydrogen) atoms. The van der Waals surface area contributed by atoms with E-state index in [1.54, 1.807) is 10.7 Å². The van der Waals surface area contributed by atoms with Crippen LogP contribution < -0.4 is 0 Å². The van der Waals surface area contributed by atoms with Crippen molar-refractivity contribution >= 4 is 20.0 Å². The van der Waals surface area contributed by atoms with Crippen molar-refractivity contribution < 1.29 is 0 Å². The Balaban J connectivity index is 1.55. The summed E-state index contributed by atoms with van der Waals surface area (Å²) in [5.41, 5.74) is 13.2. The van der Waals surface area contributed by atoms with Crippen LogP contribution in [0.2, 0.25) is 17.7 Å². The van der Waals surface area contributed by atoms with Gasteiger partial charge in [-0.2, -0.15) is 0 Å². The third kappa shape index (κ3) is 4.64. The molecule has 3 aliphatic rings. The minimum absolute atomic E-state index is 0.745. The molecule has 2 bridgehead atoms. The highest BCUT2D eigenvalue weighted by molar-refractivity contribution is 7.10. The number of rotatable bonds is 2.